The lowest BCUT2D eigenvalue weighted by atomic mass is 9.93. The van der Waals surface area contributed by atoms with Crippen molar-refractivity contribution >= 4 is 74.3 Å². The van der Waals surface area contributed by atoms with E-state index in [4.69, 9.17) is 14.5 Å². The minimum atomic E-state index is -0.747. The third kappa shape index (κ3) is 6.44. The van der Waals surface area contributed by atoms with E-state index in [1.807, 2.05) is 97.1 Å². The molecule has 0 saturated heterocycles. The Morgan fingerprint density at radius 1 is 1.02 bits per heavy atom. The fourth-order valence-electron chi connectivity index (χ4n) is 5.28. The van der Waals surface area contributed by atoms with Gasteiger partial charge in [-0.05, 0) is 81.9 Å². The van der Waals surface area contributed by atoms with Gasteiger partial charge in [-0.3, -0.25) is 9.36 Å². The lowest BCUT2D eigenvalue weighted by molar-refractivity contribution is -0.138. The molecule has 0 N–H and O–H groups in total. The fraction of sp³-hybridized carbons (Fsp3) is 0.111. The van der Waals surface area contributed by atoms with Gasteiger partial charge >= 0.3 is 5.97 Å². The Hall–Kier alpha value is -4.06. The van der Waals surface area contributed by atoms with Crippen molar-refractivity contribution in [1.82, 2.24) is 4.57 Å². The van der Waals surface area contributed by atoms with Gasteiger partial charge < -0.3 is 9.47 Å². The van der Waals surface area contributed by atoms with Gasteiger partial charge in [0.25, 0.3) is 5.56 Å². The second-order valence-electron chi connectivity index (χ2n) is 10.2. The molecule has 0 fully saturated rings. The van der Waals surface area contributed by atoms with E-state index in [-0.39, 0.29) is 18.8 Å². The van der Waals surface area contributed by atoms with Crippen LogP contribution >= 0.6 is 56.5 Å². The van der Waals surface area contributed by atoms with Crippen LogP contribution in [0.25, 0.3) is 11.8 Å². The maximum Gasteiger partial charge on any atom is 0.338 e. The number of thiazole rings is 1. The molecule has 0 unspecified atom stereocenters. The predicted octanol–water partition coefficient (Wildman–Crippen LogP) is 6.60. The van der Waals surface area contributed by atoms with Crippen LogP contribution in [0.2, 0.25) is 0 Å². The SMILES string of the molecule is CCOC(=O)C1=C(c2ccccc2)N=c2s/c(=C\c3cc(I)cc(I)c3OCc3ccccc3C#N)c(=O)n2[C@@H]1c1ccccc1. The van der Waals surface area contributed by atoms with E-state index >= 15 is 0 Å². The Bertz CT molecular complexity index is 2200. The number of nitriles is 1. The van der Waals surface area contributed by atoms with E-state index in [9.17, 15) is 14.9 Å². The maximum atomic E-state index is 14.3. The highest BCUT2D eigenvalue weighted by Gasteiger charge is 2.35. The van der Waals surface area contributed by atoms with Crippen LogP contribution in [0.1, 0.15) is 40.8 Å². The van der Waals surface area contributed by atoms with Crippen molar-refractivity contribution in [2.24, 2.45) is 4.99 Å². The molecular formula is C36H25I2N3O4S. The van der Waals surface area contributed by atoms with Gasteiger partial charge in [-0.25, -0.2) is 9.79 Å². The number of fused-ring (bicyclic) bond motifs is 1. The summed E-state index contributed by atoms with van der Waals surface area (Å²) >= 11 is 5.73. The number of rotatable bonds is 8. The molecule has 1 aromatic heterocycles. The van der Waals surface area contributed by atoms with Crippen molar-refractivity contribution in [2.45, 2.75) is 19.6 Å². The molecule has 5 aromatic rings. The lowest BCUT2D eigenvalue weighted by Gasteiger charge is -2.25. The number of carbonyl (C=O) groups is 1. The molecule has 0 bridgehead atoms. The van der Waals surface area contributed by atoms with Crippen molar-refractivity contribution in [2.75, 3.05) is 6.61 Å². The van der Waals surface area contributed by atoms with Crippen molar-refractivity contribution in [3.63, 3.8) is 0 Å². The first-order valence-electron chi connectivity index (χ1n) is 14.3. The van der Waals surface area contributed by atoms with E-state index < -0.39 is 12.0 Å². The Labute approximate surface area is 296 Å². The fourth-order valence-corrected chi connectivity index (χ4v) is 8.31. The third-order valence-corrected chi connectivity index (χ3v) is 9.73. The average molecular weight is 849 g/mol. The summed E-state index contributed by atoms with van der Waals surface area (Å²) in [5.74, 6) is 0.0881. The summed E-state index contributed by atoms with van der Waals surface area (Å²) in [6.07, 6.45) is 1.82. The number of hydrogen-bond donors (Lipinski definition) is 0. The Morgan fingerprint density at radius 2 is 1.72 bits per heavy atom. The summed E-state index contributed by atoms with van der Waals surface area (Å²) in [6, 6.07) is 31.7. The highest BCUT2D eigenvalue weighted by Crippen LogP contribution is 2.35. The largest absolute Gasteiger partial charge is 0.487 e. The number of hydrogen-bond acceptors (Lipinski definition) is 7. The van der Waals surface area contributed by atoms with Crippen molar-refractivity contribution in [3.8, 4) is 11.8 Å². The molecule has 1 atom stereocenters. The highest BCUT2D eigenvalue weighted by atomic mass is 127. The van der Waals surface area contributed by atoms with Crippen LogP contribution in [0.5, 0.6) is 5.75 Å². The molecule has 6 rings (SSSR count). The minimum absolute atomic E-state index is 0.184. The number of esters is 1. The molecule has 7 nitrogen and oxygen atoms in total. The standard InChI is InChI=1S/C36H25I2N3O4S/c1-2-44-35(43)30-31(22-11-5-3-6-12-22)40-36-41(32(30)23-13-7-4-8-14-23)34(42)29(46-36)18-26-17-27(37)19-28(38)33(26)45-21-25-16-10-9-15-24(25)20-39/h3-19,32H,2,21H2,1H3/b29-18-/t32-/m1/s1. The minimum Gasteiger partial charge on any atom is -0.487 e. The average Bonchev–Trinajstić information content (AvgIpc) is 3.38. The summed E-state index contributed by atoms with van der Waals surface area (Å²) in [7, 11) is 0. The molecule has 46 heavy (non-hydrogen) atoms. The van der Waals surface area contributed by atoms with E-state index in [2.05, 4.69) is 51.3 Å². The molecule has 0 radical (unpaired) electrons. The predicted molar refractivity (Wildman–Crippen MR) is 195 cm³/mol. The molecule has 0 saturated carbocycles. The summed E-state index contributed by atoms with van der Waals surface area (Å²) in [5, 5.41) is 9.55. The van der Waals surface area contributed by atoms with Gasteiger partial charge in [0.2, 0.25) is 0 Å². The first-order valence-corrected chi connectivity index (χ1v) is 17.3. The van der Waals surface area contributed by atoms with Crippen molar-refractivity contribution in [1.29, 1.82) is 5.26 Å². The highest BCUT2D eigenvalue weighted by molar-refractivity contribution is 14.1. The van der Waals surface area contributed by atoms with Gasteiger partial charge in [-0.15, -0.1) is 0 Å². The van der Waals surface area contributed by atoms with Crippen LogP contribution in [0, 0.1) is 18.5 Å². The number of nitrogens with zero attached hydrogens (tertiary/aromatic N) is 3. The smallest absolute Gasteiger partial charge is 0.338 e. The van der Waals surface area contributed by atoms with E-state index in [0.717, 1.165) is 29.4 Å². The lowest BCUT2D eigenvalue weighted by Crippen LogP contribution is -2.40. The van der Waals surface area contributed by atoms with Gasteiger partial charge in [-0.2, -0.15) is 5.26 Å². The molecule has 10 heteroatoms. The molecular weight excluding hydrogens is 824 g/mol. The second kappa shape index (κ2) is 14.1. The zero-order chi connectivity index (χ0) is 32.2. The summed E-state index contributed by atoms with van der Waals surface area (Å²) in [6.45, 7) is 2.14. The molecule has 1 aliphatic heterocycles. The zero-order valence-electron chi connectivity index (χ0n) is 24.4. The molecule has 4 aromatic carbocycles. The van der Waals surface area contributed by atoms with E-state index in [1.54, 1.807) is 17.6 Å². The van der Waals surface area contributed by atoms with Gasteiger partial charge in [0.15, 0.2) is 4.80 Å². The Balaban J connectivity index is 1.55. The van der Waals surface area contributed by atoms with Gasteiger partial charge in [0.05, 0.1) is 43.7 Å². The third-order valence-electron chi connectivity index (χ3n) is 7.32. The molecule has 0 aliphatic carbocycles. The normalized spacial score (nSPS) is 14.3. The van der Waals surface area contributed by atoms with E-state index in [1.165, 1.54) is 11.3 Å². The second-order valence-corrected chi connectivity index (χ2v) is 13.6. The Morgan fingerprint density at radius 3 is 2.43 bits per heavy atom. The molecule has 0 amide bonds. The number of ether oxygens (including phenoxy) is 2. The monoisotopic (exact) mass is 849 g/mol. The molecule has 0 spiro atoms. The number of carbonyl (C=O) groups excluding carboxylic acids is 1. The van der Waals surface area contributed by atoms with Gasteiger partial charge in [0, 0.05) is 20.3 Å². The summed E-state index contributed by atoms with van der Waals surface area (Å²) in [5.41, 5.74) is 4.07. The summed E-state index contributed by atoms with van der Waals surface area (Å²) < 4.78 is 15.7. The maximum absolute atomic E-state index is 14.3. The quantitative estimate of drug-likeness (QED) is 0.130. The summed E-state index contributed by atoms with van der Waals surface area (Å²) in [4.78, 5) is 33.4. The van der Waals surface area contributed by atoms with Crippen molar-refractivity contribution in [3.05, 3.63) is 157 Å². The number of benzene rings is 4. The van der Waals surface area contributed by atoms with Crippen molar-refractivity contribution < 1.29 is 14.3 Å². The number of halogens is 2. The van der Waals surface area contributed by atoms with E-state index in [0.29, 0.717) is 31.9 Å². The Kier molecular flexibility index (Phi) is 9.81. The molecule has 1 aliphatic rings. The van der Waals surface area contributed by atoms with Crippen LogP contribution in [0.15, 0.2) is 112 Å². The van der Waals surface area contributed by atoms with Crippen LogP contribution in [-0.4, -0.2) is 17.1 Å². The first kappa shape index (κ1) is 31.9. The van der Waals surface area contributed by atoms with Crippen LogP contribution in [-0.2, 0) is 16.1 Å². The zero-order valence-corrected chi connectivity index (χ0v) is 29.6. The van der Waals surface area contributed by atoms with Crippen LogP contribution < -0.4 is 19.6 Å². The van der Waals surface area contributed by atoms with Crippen LogP contribution in [0.4, 0.5) is 0 Å². The molecule has 228 valence electrons. The molecule has 2 heterocycles. The topological polar surface area (TPSA) is 93.7 Å². The first-order chi connectivity index (χ1) is 22.4. The number of aromatic nitrogens is 1. The van der Waals surface area contributed by atoms with Gasteiger partial charge in [0.1, 0.15) is 12.4 Å². The van der Waals surface area contributed by atoms with Crippen LogP contribution in [0.3, 0.4) is 0 Å². The van der Waals surface area contributed by atoms with Gasteiger partial charge in [-0.1, -0.05) is 90.2 Å².